The van der Waals surface area contributed by atoms with Crippen LogP contribution in [0.1, 0.15) is 36.9 Å². The molecule has 0 radical (unpaired) electrons. The summed E-state index contributed by atoms with van der Waals surface area (Å²) in [7, 11) is 0. The number of nitriles is 1. The Hall–Kier alpha value is -1.40. The van der Waals surface area contributed by atoms with E-state index in [2.05, 4.69) is 0 Å². The maximum atomic E-state index is 13.2. The van der Waals surface area contributed by atoms with Crippen molar-refractivity contribution in [3.63, 3.8) is 0 Å². The van der Waals surface area contributed by atoms with Crippen molar-refractivity contribution in [3.05, 3.63) is 35.1 Å². The lowest BCUT2D eigenvalue weighted by atomic mass is 10.0. The largest absolute Gasteiger partial charge is 0.324 e. The summed E-state index contributed by atoms with van der Waals surface area (Å²) >= 11 is 0. The molecule has 3 heteroatoms. The molecule has 1 aromatic carbocycles. The van der Waals surface area contributed by atoms with E-state index in [1.807, 2.05) is 6.92 Å². The molecule has 0 aliphatic heterocycles. The Kier molecular flexibility index (Phi) is 3.61. The Morgan fingerprint density at radius 3 is 2.79 bits per heavy atom. The minimum Gasteiger partial charge on any atom is -0.324 e. The van der Waals surface area contributed by atoms with E-state index in [0.717, 1.165) is 18.4 Å². The molecule has 0 aromatic heterocycles. The molecule has 0 amide bonds. The Labute approximate surface area is 83.2 Å². The highest BCUT2D eigenvalue weighted by molar-refractivity contribution is 5.34. The molecule has 0 saturated carbocycles. The van der Waals surface area contributed by atoms with E-state index in [1.165, 1.54) is 12.1 Å². The summed E-state index contributed by atoms with van der Waals surface area (Å²) in [6, 6.07) is 6.17. The first-order valence-electron chi connectivity index (χ1n) is 4.64. The number of nitrogens with zero attached hydrogens (tertiary/aromatic N) is 1. The second-order valence-corrected chi connectivity index (χ2v) is 3.25. The van der Waals surface area contributed by atoms with Crippen LogP contribution < -0.4 is 5.73 Å². The first-order valence-corrected chi connectivity index (χ1v) is 4.64. The number of halogens is 1. The van der Waals surface area contributed by atoms with Crippen molar-refractivity contribution in [1.82, 2.24) is 0 Å². The SMILES string of the molecule is CCCC(N)c1ccc(C#N)c(F)c1. The Bertz CT molecular complexity index is 355. The molecule has 1 unspecified atom stereocenters. The zero-order chi connectivity index (χ0) is 10.6. The zero-order valence-corrected chi connectivity index (χ0v) is 8.13. The van der Waals surface area contributed by atoms with Crippen LogP contribution >= 0.6 is 0 Å². The second kappa shape index (κ2) is 4.73. The van der Waals surface area contributed by atoms with Crippen LogP contribution in [-0.2, 0) is 0 Å². The molecular weight excluding hydrogens is 179 g/mol. The normalized spacial score (nSPS) is 12.1. The fraction of sp³-hybridized carbons (Fsp3) is 0.364. The van der Waals surface area contributed by atoms with Crippen molar-refractivity contribution in [1.29, 1.82) is 5.26 Å². The van der Waals surface area contributed by atoms with Crippen LogP contribution in [0.2, 0.25) is 0 Å². The van der Waals surface area contributed by atoms with E-state index in [1.54, 1.807) is 12.1 Å². The summed E-state index contributed by atoms with van der Waals surface area (Å²) in [6.45, 7) is 2.03. The molecule has 2 N–H and O–H groups in total. The molecule has 0 aliphatic carbocycles. The minimum absolute atomic E-state index is 0.0671. The van der Waals surface area contributed by atoms with Crippen LogP contribution in [0.5, 0.6) is 0 Å². The maximum absolute atomic E-state index is 13.2. The second-order valence-electron chi connectivity index (χ2n) is 3.25. The topological polar surface area (TPSA) is 49.8 Å². The molecule has 0 spiro atoms. The third-order valence-electron chi connectivity index (χ3n) is 2.14. The third-order valence-corrected chi connectivity index (χ3v) is 2.14. The summed E-state index contributed by atoms with van der Waals surface area (Å²) in [5.74, 6) is -0.489. The average Bonchev–Trinajstić information content (AvgIpc) is 2.18. The molecule has 0 bridgehead atoms. The minimum atomic E-state index is -0.489. The van der Waals surface area contributed by atoms with Gasteiger partial charge in [0, 0.05) is 6.04 Å². The lowest BCUT2D eigenvalue weighted by Crippen LogP contribution is -2.10. The summed E-state index contributed by atoms with van der Waals surface area (Å²) in [5.41, 5.74) is 6.64. The standard InChI is InChI=1S/C11H13FN2/c1-2-3-11(14)8-4-5-9(7-13)10(12)6-8/h4-6,11H,2-3,14H2,1H3. The van der Waals surface area contributed by atoms with Crippen molar-refractivity contribution >= 4 is 0 Å². The molecule has 0 aliphatic rings. The highest BCUT2D eigenvalue weighted by atomic mass is 19.1. The zero-order valence-electron chi connectivity index (χ0n) is 8.13. The Morgan fingerprint density at radius 1 is 1.57 bits per heavy atom. The fourth-order valence-electron chi connectivity index (χ4n) is 1.33. The van der Waals surface area contributed by atoms with Crippen molar-refractivity contribution in [2.45, 2.75) is 25.8 Å². The van der Waals surface area contributed by atoms with Gasteiger partial charge in [-0.15, -0.1) is 0 Å². The first kappa shape index (κ1) is 10.7. The average molecular weight is 192 g/mol. The maximum Gasteiger partial charge on any atom is 0.141 e. The Balaban J connectivity index is 2.92. The molecule has 14 heavy (non-hydrogen) atoms. The van der Waals surface area contributed by atoms with Crippen molar-refractivity contribution in [2.24, 2.45) is 5.73 Å². The van der Waals surface area contributed by atoms with Gasteiger partial charge in [0.2, 0.25) is 0 Å². The summed E-state index contributed by atoms with van der Waals surface area (Å²) in [5, 5.41) is 8.53. The van der Waals surface area contributed by atoms with E-state index < -0.39 is 5.82 Å². The predicted octanol–water partition coefficient (Wildman–Crippen LogP) is 2.50. The summed E-state index contributed by atoms with van der Waals surface area (Å²) in [6.07, 6.45) is 1.79. The molecule has 74 valence electrons. The first-order chi connectivity index (χ1) is 6.69. The number of benzene rings is 1. The number of nitrogens with two attached hydrogens (primary N) is 1. The molecule has 1 rings (SSSR count). The quantitative estimate of drug-likeness (QED) is 0.799. The number of hydrogen-bond donors (Lipinski definition) is 1. The van der Waals surface area contributed by atoms with Gasteiger partial charge in [-0.05, 0) is 24.1 Å². The van der Waals surface area contributed by atoms with Crippen molar-refractivity contribution in [3.8, 4) is 6.07 Å². The number of rotatable bonds is 3. The fourth-order valence-corrected chi connectivity index (χ4v) is 1.33. The van der Waals surface area contributed by atoms with E-state index in [4.69, 9.17) is 11.0 Å². The van der Waals surface area contributed by atoms with Gasteiger partial charge in [-0.25, -0.2) is 4.39 Å². The van der Waals surface area contributed by atoms with E-state index in [9.17, 15) is 4.39 Å². The van der Waals surface area contributed by atoms with Crippen molar-refractivity contribution < 1.29 is 4.39 Å². The van der Waals surface area contributed by atoms with Crippen LogP contribution in [0.25, 0.3) is 0 Å². The van der Waals surface area contributed by atoms with Gasteiger partial charge >= 0.3 is 0 Å². The molecule has 1 aromatic rings. The molecule has 0 fully saturated rings. The van der Waals surface area contributed by atoms with Gasteiger partial charge in [0.15, 0.2) is 0 Å². The summed E-state index contributed by atoms with van der Waals surface area (Å²) in [4.78, 5) is 0. The highest BCUT2D eigenvalue weighted by Gasteiger charge is 2.08. The van der Waals surface area contributed by atoms with Gasteiger partial charge in [0.1, 0.15) is 11.9 Å². The van der Waals surface area contributed by atoms with Crippen LogP contribution in [0.15, 0.2) is 18.2 Å². The molecule has 0 heterocycles. The van der Waals surface area contributed by atoms with Gasteiger partial charge in [0.05, 0.1) is 5.56 Å². The van der Waals surface area contributed by atoms with Crippen LogP contribution in [0.4, 0.5) is 4.39 Å². The van der Waals surface area contributed by atoms with E-state index in [-0.39, 0.29) is 11.6 Å². The third kappa shape index (κ3) is 2.30. The lowest BCUT2D eigenvalue weighted by Gasteiger charge is -2.10. The Morgan fingerprint density at radius 2 is 2.29 bits per heavy atom. The molecule has 0 saturated heterocycles. The molecular formula is C11H13FN2. The number of hydrogen-bond acceptors (Lipinski definition) is 2. The van der Waals surface area contributed by atoms with Gasteiger partial charge in [0.25, 0.3) is 0 Å². The van der Waals surface area contributed by atoms with Gasteiger partial charge in [-0.3, -0.25) is 0 Å². The highest BCUT2D eigenvalue weighted by Crippen LogP contribution is 2.18. The van der Waals surface area contributed by atoms with Crippen LogP contribution in [0.3, 0.4) is 0 Å². The van der Waals surface area contributed by atoms with Crippen LogP contribution in [0, 0.1) is 17.1 Å². The van der Waals surface area contributed by atoms with E-state index in [0.29, 0.717) is 0 Å². The van der Waals surface area contributed by atoms with E-state index >= 15 is 0 Å². The van der Waals surface area contributed by atoms with Crippen molar-refractivity contribution in [2.75, 3.05) is 0 Å². The molecule has 1 atom stereocenters. The monoisotopic (exact) mass is 192 g/mol. The predicted molar refractivity (Wildman–Crippen MR) is 53.0 cm³/mol. The lowest BCUT2D eigenvalue weighted by molar-refractivity contribution is 0.602. The van der Waals surface area contributed by atoms with Gasteiger partial charge in [-0.2, -0.15) is 5.26 Å². The summed E-state index contributed by atoms with van der Waals surface area (Å²) < 4.78 is 13.2. The van der Waals surface area contributed by atoms with Crippen LogP contribution in [-0.4, -0.2) is 0 Å². The smallest absolute Gasteiger partial charge is 0.141 e. The van der Waals surface area contributed by atoms with Gasteiger partial charge < -0.3 is 5.73 Å². The van der Waals surface area contributed by atoms with Gasteiger partial charge in [-0.1, -0.05) is 19.4 Å². The molecule has 2 nitrogen and oxygen atoms in total.